The highest BCUT2D eigenvalue weighted by molar-refractivity contribution is 7.07. The Morgan fingerprint density at radius 2 is 2.24 bits per heavy atom. The van der Waals surface area contributed by atoms with Gasteiger partial charge in [0, 0.05) is 24.5 Å². The lowest BCUT2D eigenvalue weighted by Crippen LogP contribution is -2.40. The quantitative estimate of drug-likeness (QED) is 0.865. The van der Waals surface area contributed by atoms with Crippen LogP contribution in [0.2, 0.25) is 0 Å². The third-order valence-corrected chi connectivity index (χ3v) is 3.93. The van der Waals surface area contributed by atoms with E-state index in [2.05, 4.69) is 27.5 Å². The standard InChI is InChI=1S/C12H21N3S.ClH/c1-2-12(15-5-3-4-6-15)8-13-7-11-9-16-10-14-11;/h9-10,12-13H,2-8H2,1H3;1H. The molecule has 1 aliphatic rings. The number of thiazole rings is 1. The number of likely N-dealkylation sites (tertiary alicyclic amines) is 1. The Morgan fingerprint density at radius 1 is 1.47 bits per heavy atom. The first-order valence-electron chi connectivity index (χ1n) is 6.22. The second-order valence-electron chi connectivity index (χ2n) is 4.42. The van der Waals surface area contributed by atoms with Gasteiger partial charge in [-0.05, 0) is 32.4 Å². The van der Waals surface area contributed by atoms with Crippen LogP contribution in [0.5, 0.6) is 0 Å². The van der Waals surface area contributed by atoms with Gasteiger partial charge in [0.05, 0.1) is 11.2 Å². The molecule has 1 unspecified atom stereocenters. The van der Waals surface area contributed by atoms with Gasteiger partial charge in [0.2, 0.25) is 0 Å². The maximum atomic E-state index is 4.28. The summed E-state index contributed by atoms with van der Waals surface area (Å²) < 4.78 is 0. The molecule has 3 nitrogen and oxygen atoms in total. The highest BCUT2D eigenvalue weighted by Crippen LogP contribution is 2.13. The van der Waals surface area contributed by atoms with E-state index in [1.54, 1.807) is 11.3 Å². The van der Waals surface area contributed by atoms with Crippen LogP contribution < -0.4 is 5.32 Å². The molecule has 0 aromatic carbocycles. The topological polar surface area (TPSA) is 28.2 Å². The lowest BCUT2D eigenvalue weighted by Gasteiger charge is -2.26. The van der Waals surface area contributed by atoms with Crippen LogP contribution in [0.3, 0.4) is 0 Å². The molecule has 1 saturated heterocycles. The zero-order chi connectivity index (χ0) is 11.2. The van der Waals surface area contributed by atoms with Gasteiger partial charge in [-0.3, -0.25) is 4.90 Å². The molecule has 0 bridgehead atoms. The summed E-state index contributed by atoms with van der Waals surface area (Å²) in [7, 11) is 0. The molecule has 98 valence electrons. The summed E-state index contributed by atoms with van der Waals surface area (Å²) in [4.78, 5) is 6.90. The lowest BCUT2D eigenvalue weighted by molar-refractivity contribution is 0.229. The van der Waals surface area contributed by atoms with Crippen molar-refractivity contribution in [3.63, 3.8) is 0 Å². The van der Waals surface area contributed by atoms with E-state index >= 15 is 0 Å². The van der Waals surface area contributed by atoms with Crippen molar-refractivity contribution >= 4 is 23.7 Å². The van der Waals surface area contributed by atoms with Crippen LogP contribution in [-0.4, -0.2) is 35.6 Å². The van der Waals surface area contributed by atoms with E-state index in [4.69, 9.17) is 0 Å². The van der Waals surface area contributed by atoms with Gasteiger partial charge in [-0.2, -0.15) is 0 Å². The van der Waals surface area contributed by atoms with Crippen molar-refractivity contribution < 1.29 is 0 Å². The molecule has 0 radical (unpaired) electrons. The Kier molecular flexibility index (Phi) is 7.04. The smallest absolute Gasteiger partial charge is 0.0795 e. The van der Waals surface area contributed by atoms with Gasteiger partial charge in [-0.15, -0.1) is 23.7 Å². The molecule has 1 aromatic heterocycles. The van der Waals surface area contributed by atoms with Crippen molar-refractivity contribution in [1.29, 1.82) is 0 Å². The first kappa shape index (κ1) is 14.9. The van der Waals surface area contributed by atoms with Crippen molar-refractivity contribution in [2.75, 3.05) is 19.6 Å². The van der Waals surface area contributed by atoms with Crippen LogP contribution in [0.4, 0.5) is 0 Å². The monoisotopic (exact) mass is 275 g/mol. The molecule has 0 saturated carbocycles. The predicted octanol–water partition coefficient (Wildman–Crippen LogP) is 2.53. The number of hydrogen-bond acceptors (Lipinski definition) is 4. The highest BCUT2D eigenvalue weighted by Gasteiger charge is 2.19. The van der Waals surface area contributed by atoms with Crippen LogP contribution in [0, 0.1) is 0 Å². The normalized spacial score (nSPS) is 17.9. The number of hydrogen-bond donors (Lipinski definition) is 1. The molecule has 1 aromatic rings. The zero-order valence-electron chi connectivity index (χ0n) is 10.4. The number of aromatic nitrogens is 1. The molecule has 0 aliphatic carbocycles. The molecule has 1 aliphatic heterocycles. The number of nitrogens with zero attached hydrogens (tertiary/aromatic N) is 2. The summed E-state index contributed by atoms with van der Waals surface area (Å²) in [6.07, 6.45) is 4.00. The van der Waals surface area contributed by atoms with E-state index in [0.29, 0.717) is 6.04 Å². The van der Waals surface area contributed by atoms with Crippen LogP contribution in [-0.2, 0) is 6.54 Å². The fourth-order valence-electron chi connectivity index (χ4n) is 2.33. The Morgan fingerprint density at radius 3 is 2.82 bits per heavy atom. The average molecular weight is 276 g/mol. The molecule has 17 heavy (non-hydrogen) atoms. The largest absolute Gasteiger partial charge is 0.310 e. The molecular formula is C12H22ClN3S. The Balaban J connectivity index is 0.00000144. The second kappa shape index (κ2) is 8.03. The van der Waals surface area contributed by atoms with Gasteiger partial charge >= 0.3 is 0 Å². The summed E-state index contributed by atoms with van der Waals surface area (Å²) >= 11 is 1.67. The summed E-state index contributed by atoms with van der Waals surface area (Å²) in [5.74, 6) is 0. The lowest BCUT2D eigenvalue weighted by atomic mass is 10.2. The van der Waals surface area contributed by atoms with Crippen molar-refractivity contribution in [2.24, 2.45) is 0 Å². The molecule has 2 heterocycles. The van der Waals surface area contributed by atoms with Crippen LogP contribution in [0.25, 0.3) is 0 Å². The van der Waals surface area contributed by atoms with Crippen molar-refractivity contribution in [1.82, 2.24) is 15.2 Å². The molecule has 1 atom stereocenters. The first-order valence-corrected chi connectivity index (χ1v) is 7.16. The van der Waals surface area contributed by atoms with E-state index in [-0.39, 0.29) is 12.4 Å². The van der Waals surface area contributed by atoms with Crippen LogP contribution >= 0.6 is 23.7 Å². The SMILES string of the molecule is CCC(CNCc1cscn1)N1CCCC1.Cl. The van der Waals surface area contributed by atoms with Gasteiger partial charge in [0.1, 0.15) is 0 Å². The van der Waals surface area contributed by atoms with Crippen molar-refractivity contribution in [2.45, 2.75) is 38.8 Å². The minimum absolute atomic E-state index is 0. The molecule has 1 N–H and O–H groups in total. The summed E-state index contributed by atoms with van der Waals surface area (Å²) in [6.45, 7) is 6.86. The van der Waals surface area contributed by atoms with Gasteiger partial charge in [-0.25, -0.2) is 4.98 Å². The predicted molar refractivity (Wildman–Crippen MR) is 76.0 cm³/mol. The van der Waals surface area contributed by atoms with Gasteiger partial charge in [-0.1, -0.05) is 6.92 Å². The summed E-state index contributed by atoms with van der Waals surface area (Å²) in [5, 5.41) is 5.63. The Labute approximate surface area is 114 Å². The molecular weight excluding hydrogens is 254 g/mol. The van der Waals surface area contributed by atoms with Crippen LogP contribution in [0.1, 0.15) is 31.9 Å². The Hall–Kier alpha value is -0.160. The van der Waals surface area contributed by atoms with E-state index in [1.807, 2.05) is 5.51 Å². The number of nitrogens with one attached hydrogen (secondary N) is 1. The van der Waals surface area contributed by atoms with E-state index in [9.17, 15) is 0 Å². The fraction of sp³-hybridized carbons (Fsp3) is 0.750. The zero-order valence-corrected chi connectivity index (χ0v) is 12.0. The molecule has 0 spiro atoms. The molecule has 0 amide bonds. The minimum Gasteiger partial charge on any atom is -0.310 e. The maximum absolute atomic E-state index is 4.28. The summed E-state index contributed by atoms with van der Waals surface area (Å²) in [6, 6.07) is 0.709. The van der Waals surface area contributed by atoms with Crippen LogP contribution in [0.15, 0.2) is 10.9 Å². The van der Waals surface area contributed by atoms with Crippen molar-refractivity contribution in [3.8, 4) is 0 Å². The first-order chi connectivity index (χ1) is 7.90. The fourth-order valence-corrected chi connectivity index (χ4v) is 2.89. The third kappa shape index (κ3) is 4.54. The molecule has 5 heteroatoms. The van der Waals surface area contributed by atoms with Crippen molar-refractivity contribution in [3.05, 3.63) is 16.6 Å². The average Bonchev–Trinajstić information content (AvgIpc) is 2.96. The third-order valence-electron chi connectivity index (χ3n) is 3.30. The van der Waals surface area contributed by atoms with E-state index in [0.717, 1.165) is 13.1 Å². The van der Waals surface area contributed by atoms with Gasteiger partial charge in [0.25, 0.3) is 0 Å². The maximum Gasteiger partial charge on any atom is 0.0795 e. The molecule has 2 rings (SSSR count). The number of rotatable bonds is 6. The molecule has 1 fully saturated rings. The van der Waals surface area contributed by atoms with Gasteiger partial charge < -0.3 is 5.32 Å². The Bertz CT molecular complexity index is 286. The second-order valence-corrected chi connectivity index (χ2v) is 5.13. The van der Waals surface area contributed by atoms with Gasteiger partial charge in [0.15, 0.2) is 0 Å². The number of halogens is 1. The van der Waals surface area contributed by atoms with E-state index in [1.165, 1.54) is 38.0 Å². The summed E-state index contributed by atoms with van der Waals surface area (Å²) in [5.41, 5.74) is 3.07. The van der Waals surface area contributed by atoms with E-state index < -0.39 is 0 Å². The highest BCUT2D eigenvalue weighted by atomic mass is 35.5. The minimum atomic E-state index is 0.